The molecule has 0 spiro atoms. The van der Waals surface area contributed by atoms with Crippen molar-refractivity contribution < 1.29 is 4.79 Å². The molecule has 0 aliphatic rings. The lowest BCUT2D eigenvalue weighted by molar-refractivity contribution is -0.115. The van der Waals surface area contributed by atoms with Gasteiger partial charge in [-0.05, 0) is 12.5 Å². The average Bonchev–Trinajstić information content (AvgIpc) is 2.31. The smallest absolute Gasteiger partial charge is 0.295 e. The lowest BCUT2D eigenvalue weighted by atomic mass is 10.5. The summed E-state index contributed by atoms with van der Waals surface area (Å²) in [4.78, 5) is 10.7. The highest BCUT2D eigenvalue weighted by Crippen LogP contribution is 1.63. The Morgan fingerprint density at radius 1 is 1.00 bits per heavy atom. The first-order chi connectivity index (χ1) is 7.81. The largest absolute Gasteiger partial charge is 0.344 e. The van der Waals surface area contributed by atoms with E-state index in [1.54, 1.807) is 0 Å². The van der Waals surface area contributed by atoms with Crippen molar-refractivity contribution >= 4 is 5.91 Å². The summed E-state index contributed by atoms with van der Waals surface area (Å²) in [7, 11) is 0. The molecule has 0 unspecified atom stereocenters. The second-order valence-corrected chi connectivity index (χ2v) is 3.25. The second kappa shape index (κ2) is 12.0. The van der Waals surface area contributed by atoms with Crippen LogP contribution < -0.4 is 21.3 Å². The molecule has 0 aliphatic heterocycles. The first-order valence-corrected chi connectivity index (χ1v) is 5.67. The maximum absolute atomic E-state index is 10.7. The number of hydrogen-bond donors (Lipinski definition) is 4. The summed E-state index contributed by atoms with van der Waals surface area (Å²) in [6.45, 7) is 8.19. The lowest BCUT2D eigenvalue weighted by Gasteiger charge is -2.06. The number of carbonyl (C=O) groups is 1. The SMILES string of the molecule is C#CC(=O)NCCNCCNCCNCC. The number of likely N-dealkylation sites (N-methyl/N-ethyl adjacent to an activating group) is 1. The van der Waals surface area contributed by atoms with Gasteiger partial charge in [-0.3, -0.25) is 4.79 Å². The Morgan fingerprint density at radius 3 is 2.00 bits per heavy atom. The van der Waals surface area contributed by atoms with Crippen LogP contribution in [-0.4, -0.2) is 51.7 Å². The summed E-state index contributed by atoms with van der Waals surface area (Å²) in [6, 6.07) is 0. The number of hydrogen-bond acceptors (Lipinski definition) is 4. The normalized spacial score (nSPS) is 9.75. The fraction of sp³-hybridized carbons (Fsp3) is 0.727. The van der Waals surface area contributed by atoms with Gasteiger partial charge in [0.2, 0.25) is 0 Å². The van der Waals surface area contributed by atoms with E-state index in [2.05, 4.69) is 28.2 Å². The van der Waals surface area contributed by atoms with Crippen LogP contribution in [0.5, 0.6) is 0 Å². The quantitative estimate of drug-likeness (QED) is 0.271. The summed E-state index contributed by atoms with van der Waals surface area (Å²) < 4.78 is 0. The van der Waals surface area contributed by atoms with Gasteiger partial charge >= 0.3 is 0 Å². The molecule has 5 nitrogen and oxygen atoms in total. The molecule has 0 aromatic rings. The van der Waals surface area contributed by atoms with Crippen LogP contribution in [0, 0.1) is 12.3 Å². The number of carbonyl (C=O) groups excluding carboxylic acids is 1. The minimum Gasteiger partial charge on any atom is -0.344 e. The minimum absolute atomic E-state index is 0.356. The van der Waals surface area contributed by atoms with E-state index in [0.717, 1.165) is 39.3 Å². The summed E-state index contributed by atoms with van der Waals surface area (Å²) in [5.74, 6) is 1.64. The summed E-state index contributed by atoms with van der Waals surface area (Å²) in [5.41, 5.74) is 0. The van der Waals surface area contributed by atoms with Gasteiger partial charge in [-0.2, -0.15) is 0 Å². The zero-order chi connectivity index (χ0) is 12.1. The van der Waals surface area contributed by atoms with Crippen LogP contribution in [0.15, 0.2) is 0 Å². The zero-order valence-corrected chi connectivity index (χ0v) is 9.94. The number of rotatable bonds is 10. The number of terminal acetylenes is 1. The molecule has 0 fully saturated rings. The molecule has 1 amide bonds. The van der Waals surface area contributed by atoms with Crippen LogP contribution in [0.25, 0.3) is 0 Å². The Labute approximate surface area is 97.7 Å². The predicted molar refractivity (Wildman–Crippen MR) is 66.1 cm³/mol. The second-order valence-electron chi connectivity index (χ2n) is 3.25. The van der Waals surface area contributed by atoms with Crippen molar-refractivity contribution in [2.75, 3.05) is 45.8 Å². The molecule has 4 N–H and O–H groups in total. The molecule has 0 aromatic heterocycles. The molecule has 0 saturated carbocycles. The van der Waals surface area contributed by atoms with Crippen molar-refractivity contribution in [3.63, 3.8) is 0 Å². The third-order valence-electron chi connectivity index (χ3n) is 1.93. The molecule has 5 heteroatoms. The van der Waals surface area contributed by atoms with Crippen molar-refractivity contribution in [3.05, 3.63) is 0 Å². The predicted octanol–water partition coefficient (Wildman–Crippen LogP) is -1.48. The number of nitrogens with one attached hydrogen (secondary N) is 4. The van der Waals surface area contributed by atoms with Crippen molar-refractivity contribution in [2.45, 2.75) is 6.92 Å². The molecule has 0 saturated heterocycles. The van der Waals surface area contributed by atoms with Crippen LogP contribution in [0.1, 0.15) is 6.92 Å². The fourth-order valence-electron chi connectivity index (χ4n) is 1.10. The average molecular weight is 226 g/mol. The zero-order valence-electron chi connectivity index (χ0n) is 9.94. The van der Waals surface area contributed by atoms with Gasteiger partial charge in [0.05, 0.1) is 0 Å². The first-order valence-electron chi connectivity index (χ1n) is 5.67. The Bertz CT molecular complexity index is 213. The molecule has 0 radical (unpaired) electrons. The Hall–Kier alpha value is -1.09. The lowest BCUT2D eigenvalue weighted by Crippen LogP contribution is -2.36. The van der Waals surface area contributed by atoms with Gasteiger partial charge in [0, 0.05) is 39.3 Å². The van der Waals surface area contributed by atoms with Crippen LogP contribution >= 0.6 is 0 Å². The van der Waals surface area contributed by atoms with Crippen molar-refractivity contribution in [1.82, 2.24) is 21.3 Å². The van der Waals surface area contributed by atoms with Crippen molar-refractivity contribution in [2.24, 2.45) is 0 Å². The molecular weight excluding hydrogens is 204 g/mol. The standard InChI is InChI=1S/C11H22N4O/c1-3-11(16)15-10-9-14-8-7-13-6-5-12-4-2/h1,12-14H,4-10H2,2H3,(H,15,16). The van der Waals surface area contributed by atoms with Gasteiger partial charge < -0.3 is 21.3 Å². The van der Waals surface area contributed by atoms with E-state index in [0.29, 0.717) is 6.54 Å². The summed E-state index contributed by atoms with van der Waals surface area (Å²) in [5, 5.41) is 12.3. The van der Waals surface area contributed by atoms with Crippen molar-refractivity contribution in [3.8, 4) is 12.3 Å². The molecule has 0 rings (SSSR count). The summed E-state index contributed by atoms with van der Waals surface area (Å²) >= 11 is 0. The Balaban J connectivity index is 2.99. The summed E-state index contributed by atoms with van der Waals surface area (Å²) in [6.07, 6.45) is 4.89. The molecule has 16 heavy (non-hydrogen) atoms. The van der Waals surface area contributed by atoms with Gasteiger partial charge in [0.25, 0.3) is 5.91 Å². The molecule has 0 atom stereocenters. The first kappa shape index (κ1) is 14.9. The van der Waals surface area contributed by atoms with Crippen molar-refractivity contribution in [1.29, 1.82) is 0 Å². The number of amides is 1. The molecule has 0 heterocycles. The van der Waals surface area contributed by atoms with Gasteiger partial charge in [0.15, 0.2) is 0 Å². The van der Waals surface area contributed by atoms with Gasteiger partial charge in [0.1, 0.15) is 0 Å². The highest BCUT2D eigenvalue weighted by molar-refractivity contribution is 5.92. The topological polar surface area (TPSA) is 65.2 Å². The van der Waals surface area contributed by atoms with E-state index in [-0.39, 0.29) is 5.91 Å². The maximum Gasteiger partial charge on any atom is 0.295 e. The monoisotopic (exact) mass is 226 g/mol. The third kappa shape index (κ3) is 11.0. The fourth-order valence-corrected chi connectivity index (χ4v) is 1.10. The molecule has 0 aromatic carbocycles. The van der Waals surface area contributed by atoms with E-state index >= 15 is 0 Å². The van der Waals surface area contributed by atoms with Crippen LogP contribution in [0.4, 0.5) is 0 Å². The van der Waals surface area contributed by atoms with Gasteiger partial charge in [-0.15, -0.1) is 6.42 Å². The highest BCUT2D eigenvalue weighted by atomic mass is 16.1. The van der Waals surface area contributed by atoms with E-state index < -0.39 is 0 Å². The molecule has 0 bridgehead atoms. The van der Waals surface area contributed by atoms with Crippen LogP contribution in [0.2, 0.25) is 0 Å². The molecular formula is C11H22N4O. The van der Waals surface area contributed by atoms with Gasteiger partial charge in [-0.1, -0.05) is 6.92 Å². The maximum atomic E-state index is 10.7. The Morgan fingerprint density at radius 2 is 1.50 bits per heavy atom. The van der Waals surface area contributed by atoms with E-state index in [9.17, 15) is 4.79 Å². The van der Waals surface area contributed by atoms with E-state index in [1.807, 2.05) is 5.92 Å². The highest BCUT2D eigenvalue weighted by Gasteiger charge is 1.92. The molecule has 0 aliphatic carbocycles. The van der Waals surface area contributed by atoms with E-state index in [4.69, 9.17) is 6.42 Å². The van der Waals surface area contributed by atoms with E-state index in [1.165, 1.54) is 0 Å². The Kier molecular flexibility index (Phi) is 11.2. The third-order valence-corrected chi connectivity index (χ3v) is 1.93. The minimum atomic E-state index is -0.356. The van der Waals surface area contributed by atoms with Crippen LogP contribution in [0.3, 0.4) is 0 Å². The van der Waals surface area contributed by atoms with Gasteiger partial charge in [-0.25, -0.2) is 0 Å². The molecule has 92 valence electrons. The van der Waals surface area contributed by atoms with Crippen LogP contribution in [-0.2, 0) is 4.79 Å².